The van der Waals surface area contributed by atoms with Crippen LogP contribution in [0.1, 0.15) is 4.88 Å². The molecule has 1 aromatic heterocycles. The molecular weight excluding hydrogens is 274 g/mol. The van der Waals surface area contributed by atoms with Crippen molar-refractivity contribution >= 4 is 11.3 Å². The Labute approximate surface area is 123 Å². The maximum absolute atomic E-state index is 5.69. The Kier molecular flexibility index (Phi) is 5.70. The predicted octanol–water partition coefficient (Wildman–Crippen LogP) is 2.93. The van der Waals surface area contributed by atoms with Crippen LogP contribution in [0.2, 0.25) is 0 Å². The average Bonchev–Trinajstić information content (AvgIpc) is 2.99. The van der Waals surface area contributed by atoms with Crippen LogP contribution in [0.4, 0.5) is 0 Å². The van der Waals surface area contributed by atoms with Gasteiger partial charge in [0, 0.05) is 36.2 Å². The summed E-state index contributed by atoms with van der Waals surface area (Å²) in [5.74, 6) is 2.20. The second-order valence-corrected chi connectivity index (χ2v) is 5.19. The largest absolute Gasteiger partial charge is 0.496 e. The van der Waals surface area contributed by atoms with Crippen LogP contribution < -0.4 is 19.5 Å². The fourth-order valence-electron chi connectivity index (χ4n) is 1.73. The van der Waals surface area contributed by atoms with Crippen LogP contribution in [0.15, 0.2) is 35.7 Å². The third kappa shape index (κ3) is 4.43. The summed E-state index contributed by atoms with van der Waals surface area (Å²) in [6.07, 6.45) is 0. The highest BCUT2D eigenvalue weighted by atomic mass is 32.1. The van der Waals surface area contributed by atoms with Gasteiger partial charge in [-0.3, -0.25) is 0 Å². The van der Waals surface area contributed by atoms with Gasteiger partial charge in [-0.05, 0) is 11.4 Å². The highest BCUT2D eigenvalue weighted by molar-refractivity contribution is 7.09. The fourth-order valence-corrected chi connectivity index (χ4v) is 2.40. The van der Waals surface area contributed by atoms with Gasteiger partial charge in [0.05, 0.1) is 14.2 Å². The van der Waals surface area contributed by atoms with E-state index in [4.69, 9.17) is 14.2 Å². The van der Waals surface area contributed by atoms with Gasteiger partial charge in [0.2, 0.25) is 0 Å². The second kappa shape index (κ2) is 7.77. The molecule has 5 heteroatoms. The summed E-state index contributed by atoms with van der Waals surface area (Å²) < 4.78 is 16.1. The van der Waals surface area contributed by atoms with Crippen molar-refractivity contribution in [2.75, 3.05) is 27.4 Å². The molecule has 0 unspecified atom stereocenters. The third-order valence-electron chi connectivity index (χ3n) is 2.75. The Morgan fingerprint density at radius 2 is 1.75 bits per heavy atom. The van der Waals surface area contributed by atoms with E-state index in [9.17, 15) is 0 Å². The van der Waals surface area contributed by atoms with E-state index < -0.39 is 0 Å². The number of nitrogens with one attached hydrogen (secondary N) is 1. The van der Waals surface area contributed by atoms with E-state index >= 15 is 0 Å². The maximum atomic E-state index is 5.69. The van der Waals surface area contributed by atoms with E-state index in [2.05, 4.69) is 22.8 Å². The third-order valence-corrected chi connectivity index (χ3v) is 3.63. The number of hydrogen-bond acceptors (Lipinski definition) is 5. The summed E-state index contributed by atoms with van der Waals surface area (Å²) in [5, 5.41) is 5.42. The van der Waals surface area contributed by atoms with E-state index in [1.165, 1.54) is 4.88 Å². The van der Waals surface area contributed by atoms with Gasteiger partial charge in [0.25, 0.3) is 0 Å². The van der Waals surface area contributed by atoms with Gasteiger partial charge in [0.1, 0.15) is 23.9 Å². The molecule has 4 nitrogen and oxygen atoms in total. The van der Waals surface area contributed by atoms with Gasteiger partial charge in [-0.2, -0.15) is 0 Å². The van der Waals surface area contributed by atoms with Crippen molar-refractivity contribution in [2.45, 2.75) is 6.54 Å². The minimum Gasteiger partial charge on any atom is -0.496 e. The minimum atomic E-state index is 0.599. The maximum Gasteiger partial charge on any atom is 0.126 e. The molecule has 0 atom stereocenters. The van der Waals surface area contributed by atoms with Crippen LogP contribution in [0.3, 0.4) is 0 Å². The Morgan fingerprint density at radius 3 is 2.35 bits per heavy atom. The van der Waals surface area contributed by atoms with E-state index in [1.807, 2.05) is 18.2 Å². The van der Waals surface area contributed by atoms with Gasteiger partial charge in [-0.1, -0.05) is 6.07 Å². The van der Waals surface area contributed by atoms with Crippen LogP contribution in [0, 0.1) is 0 Å². The van der Waals surface area contributed by atoms with E-state index in [0.29, 0.717) is 6.61 Å². The quantitative estimate of drug-likeness (QED) is 0.760. The highest BCUT2D eigenvalue weighted by Crippen LogP contribution is 2.27. The molecule has 0 aliphatic carbocycles. The Balaban J connectivity index is 1.75. The van der Waals surface area contributed by atoms with Crippen molar-refractivity contribution in [2.24, 2.45) is 0 Å². The standard InChI is InChI=1S/C15H19NO3S/c1-17-12-8-13(18-2)10-14(9-12)19-6-5-16-11-15-4-3-7-20-15/h3-4,7-10,16H,5-6,11H2,1-2H3. The molecule has 108 valence electrons. The zero-order chi connectivity index (χ0) is 14.2. The van der Waals surface area contributed by atoms with Gasteiger partial charge < -0.3 is 19.5 Å². The normalized spacial score (nSPS) is 10.3. The number of methoxy groups -OCH3 is 2. The van der Waals surface area contributed by atoms with Gasteiger partial charge in [0.15, 0.2) is 0 Å². The number of hydrogen-bond donors (Lipinski definition) is 1. The molecule has 2 aromatic rings. The van der Waals surface area contributed by atoms with Crippen LogP contribution in [0.25, 0.3) is 0 Å². The van der Waals surface area contributed by atoms with E-state index in [1.54, 1.807) is 25.6 Å². The minimum absolute atomic E-state index is 0.599. The van der Waals surface area contributed by atoms with Crippen molar-refractivity contribution in [1.29, 1.82) is 0 Å². The molecule has 0 amide bonds. The lowest BCUT2D eigenvalue weighted by Crippen LogP contribution is -2.20. The van der Waals surface area contributed by atoms with E-state index in [0.717, 1.165) is 30.3 Å². The van der Waals surface area contributed by atoms with Crippen LogP contribution in [-0.4, -0.2) is 27.4 Å². The van der Waals surface area contributed by atoms with Crippen molar-refractivity contribution in [3.8, 4) is 17.2 Å². The van der Waals surface area contributed by atoms with Crippen LogP contribution in [0.5, 0.6) is 17.2 Å². The van der Waals surface area contributed by atoms with Crippen molar-refractivity contribution in [3.05, 3.63) is 40.6 Å². The molecule has 20 heavy (non-hydrogen) atoms. The first-order valence-electron chi connectivity index (χ1n) is 6.41. The monoisotopic (exact) mass is 293 g/mol. The van der Waals surface area contributed by atoms with E-state index in [-0.39, 0.29) is 0 Å². The molecular formula is C15H19NO3S. The number of benzene rings is 1. The molecule has 0 aliphatic rings. The molecule has 1 heterocycles. The number of rotatable bonds is 8. The Morgan fingerprint density at radius 1 is 1.05 bits per heavy atom. The zero-order valence-corrected chi connectivity index (χ0v) is 12.5. The summed E-state index contributed by atoms with van der Waals surface area (Å²) in [4.78, 5) is 1.33. The molecule has 0 saturated carbocycles. The summed E-state index contributed by atoms with van der Waals surface area (Å²) >= 11 is 1.75. The number of thiophene rings is 1. The molecule has 0 fully saturated rings. The smallest absolute Gasteiger partial charge is 0.126 e. The van der Waals surface area contributed by atoms with Crippen molar-refractivity contribution in [1.82, 2.24) is 5.32 Å². The number of ether oxygens (including phenoxy) is 3. The van der Waals surface area contributed by atoms with Crippen LogP contribution >= 0.6 is 11.3 Å². The van der Waals surface area contributed by atoms with Crippen molar-refractivity contribution in [3.63, 3.8) is 0 Å². The average molecular weight is 293 g/mol. The molecule has 0 saturated heterocycles. The lowest BCUT2D eigenvalue weighted by Gasteiger charge is -2.10. The zero-order valence-electron chi connectivity index (χ0n) is 11.7. The molecule has 0 radical (unpaired) electrons. The van der Waals surface area contributed by atoms with Crippen molar-refractivity contribution < 1.29 is 14.2 Å². The van der Waals surface area contributed by atoms with Gasteiger partial charge in [-0.15, -0.1) is 11.3 Å². The second-order valence-electron chi connectivity index (χ2n) is 4.15. The summed E-state index contributed by atoms with van der Waals surface area (Å²) in [6, 6.07) is 9.69. The van der Waals surface area contributed by atoms with Gasteiger partial charge >= 0.3 is 0 Å². The molecule has 1 N–H and O–H groups in total. The SMILES string of the molecule is COc1cc(OC)cc(OCCNCc2cccs2)c1. The van der Waals surface area contributed by atoms with Gasteiger partial charge in [-0.25, -0.2) is 0 Å². The summed E-state index contributed by atoms with van der Waals surface area (Å²) in [5.41, 5.74) is 0. The molecule has 1 aromatic carbocycles. The Bertz CT molecular complexity index is 492. The molecule has 0 aliphatic heterocycles. The first-order valence-corrected chi connectivity index (χ1v) is 7.29. The molecule has 0 spiro atoms. The first kappa shape index (κ1) is 14.7. The highest BCUT2D eigenvalue weighted by Gasteiger charge is 2.02. The lowest BCUT2D eigenvalue weighted by molar-refractivity contribution is 0.308. The van der Waals surface area contributed by atoms with Crippen LogP contribution in [-0.2, 0) is 6.54 Å². The Hall–Kier alpha value is -1.72. The first-order chi connectivity index (χ1) is 9.81. The topological polar surface area (TPSA) is 39.7 Å². The summed E-state index contributed by atoms with van der Waals surface area (Å²) in [6.45, 7) is 2.27. The predicted molar refractivity (Wildman–Crippen MR) is 81.1 cm³/mol. The summed E-state index contributed by atoms with van der Waals surface area (Å²) in [7, 11) is 3.25. The lowest BCUT2D eigenvalue weighted by atomic mass is 10.3. The molecule has 2 rings (SSSR count). The fraction of sp³-hybridized carbons (Fsp3) is 0.333. The molecule has 0 bridgehead atoms.